The highest BCUT2D eigenvalue weighted by Gasteiger charge is 2.16. The van der Waals surface area contributed by atoms with E-state index in [1.165, 1.54) is 6.92 Å². The van der Waals surface area contributed by atoms with Gasteiger partial charge in [0.25, 0.3) is 0 Å². The molecule has 2 rings (SSSR count). The fourth-order valence-electron chi connectivity index (χ4n) is 1.96. The molecule has 0 fully saturated rings. The first-order valence-electron chi connectivity index (χ1n) is 6.60. The third-order valence-electron chi connectivity index (χ3n) is 2.89. The first-order valence-corrected chi connectivity index (χ1v) is 6.60. The molecule has 114 valence electrons. The summed E-state index contributed by atoms with van der Waals surface area (Å²) in [7, 11) is 0. The van der Waals surface area contributed by atoms with Crippen LogP contribution in [0, 0.1) is 0 Å². The third-order valence-corrected chi connectivity index (χ3v) is 2.89. The Morgan fingerprint density at radius 3 is 1.76 bits per heavy atom. The van der Waals surface area contributed by atoms with E-state index < -0.39 is 6.03 Å². The van der Waals surface area contributed by atoms with Crippen LogP contribution in [0.3, 0.4) is 0 Å². The van der Waals surface area contributed by atoms with E-state index in [1.54, 1.807) is 0 Å². The second-order valence-electron chi connectivity index (χ2n) is 4.53. The van der Waals surface area contributed by atoms with E-state index in [9.17, 15) is 9.59 Å². The summed E-state index contributed by atoms with van der Waals surface area (Å²) in [6, 6.07) is 18.5. The zero-order valence-corrected chi connectivity index (χ0v) is 11.7. The average molecular weight is 289 g/mol. The smallest absolute Gasteiger partial charge is 0.326 e. The first kappa shape index (κ1) is 14.6. The maximum Gasteiger partial charge on any atom is 0.334 e. The zero-order valence-electron chi connectivity index (χ0n) is 11.7. The lowest BCUT2D eigenvalue weighted by Gasteiger charge is -2.20. The predicted octanol–water partition coefficient (Wildman–Crippen LogP) is 2.86. The molecule has 0 aromatic heterocycles. The minimum absolute atomic E-state index is 0. The standard InChI is InChI=1S/C16H17N3O2.3H2/c1-12(20)18-19-16(21)17-15(13-8-4-2-5-9-13)14-10-6-3-7-11-14;;;/h2-11,15H,1H3,(H,18,20)(H2,17,19,21);3*1H. The minimum atomic E-state index is -0.470. The number of carbonyl (C=O) groups is 2. The van der Waals surface area contributed by atoms with Crippen molar-refractivity contribution in [2.24, 2.45) is 0 Å². The number of hydrogen-bond donors (Lipinski definition) is 3. The molecule has 0 aliphatic rings. The van der Waals surface area contributed by atoms with Gasteiger partial charge in [0.15, 0.2) is 0 Å². The van der Waals surface area contributed by atoms with Crippen molar-refractivity contribution in [1.29, 1.82) is 0 Å². The topological polar surface area (TPSA) is 70.2 Å². The average Bonchev–Trinajstić information content (AvgIpc) is 2.52. The van der Waals surface area contributed by atoms with Gasteiger partial charge in [0.05, 0.1) is 6.04 Å². The van der Waals surface area contributed by atoms with Gasteiger partial charge in [-0.05, 0) is 11.1 Å². The van der Waals surface area contributed by atoms with Crippen molar-refractivity contribution in [1.82, 2.24) is 16.2 Å². The number of rotatable bonds is 3. The number of hydrazine groups is 1. The van der Waals surface area contributed by atoms with Crippen LogP contribution in [0.25, 0.3) is 0 Å². The molecule has 0 saturated carbocycles. The molecule has 3 amide bonds. The molecule has 0 saturated heterocycles. The van der Waals surface area contributed by atoms with Crippen LogP contribution in [0.15, 0.2) is 60.7 Å². The Bertz CT molecular complexity index is 573. The number of amides is 3. The molecule has 2 aromatic carbocycles. The van der Waals surface area contributed by atoms with E-state index in [4.69, 9.17) is 0 Å². The van der Waals surface area contributed by atoms with Crippen molar-refractivity contribution in [2.75, 3.05) is 0 Å². The molecule has 2 aromatic rings. The maximum atomic E-state index is 11.9. The molecule has 5 heteroatoms. The second kappa shape index (κ2) is 7.09. The second-order valence-corrected chi connectivity index (χ2v) is 4.53. The van der Waals surface area contributed by atoms with Crippen LogP contribution < -0.4 is 16.2 Å². The van der Waals surface area contributed by atoms with E-state index >= 15 is 0 Å². The molecule has 0 heterocycles. The predicted molar refractivity (Wildman–Crippen MR) is 86.6 cm³/mol. The van der Waals surface area contributed by atoms with E-state index in [2.05, 4.69) is 16.2 Å². The number of urea groups is 1. The summed E-state index contributed by atoms with van der Waals surface area (Å²) in [5.41, 5.74) is 6.47. The van der Waals surface area contributed by atoms with Crippen LogP contribution in [0.5, 0.6) is 0 Å². The first-order chi connectivity index (χ1) is 10.2. The minimum Gasteiger partial charge on any atom is -0.326 e. The summed E-state index contributed by atoms with van der Waals surface area (Å²) < 4.78 is 0. The Kier molecular flexibility index (Phi) is 4.93. The number of nitrogens with one attached hydrogen (secondary N) is 3. The van der Waals surface area contributed by atoms with Crippen LogP contribution in [0.4, 0.5) is 4.79 Å². The molecular weight excluding hydrogens is 266 g/mol. The Morgan fingerprint density at radius 1 is 0.857 bits per heavy atom. The van der Waals surface area contributed by atoms with Crippen molar-refractivity contribution in [2.45, 2.75) is 13.0 Å². The lowest BCUT2D eigenvalue weighted by Crippen LogP contribution is -2.47. The van der Waals surface area contributed by atoms with Gasteiger partial charge in [0, 0.05) is 11.2 Å². The van der Waals surface area contributed by atoms with Gasteiger partial charge in [0.1, 0.15) is 0 Å². The van der Waals surface area contributed by atoms with E-state index in [0.29, 0.717) is 0 Å². The van der Waals surface area contributed by atoms with Crippen LogP contribution in [-0.4, -0.2) is 11.9 Å². The number of benzene rings is 2. The highest BCUT2D eigenvalue weighted by Crippen LogP contribution is 2.21. The number of hydrogen-bond acceptors (Lipinski definition) is 2. The largest absolute Gasteiger partial charge is 0.334 e. The number of carbonyl (C=O) groups excluding carboxylic acids is 2. The van der Waals surface area contributed by atoms with Crippen molar-refractivity contribution >= 4 is 11.9 Å². The molecule has 21 heavy (non-hydrogen) atoms. The van der Waals surface area contributed by atoms with E-state index in [-0.39, 0.29) is 16.2 Å². The molecule has 5 nitrogen and oxygen atoms in total. The van der Waals surface area contributed by atoms with Gasteiger partial charge in [-0.25, -0.2) is 10.2 Å². The van der Waals surface area contributed by atoms with E-state index in [0.717, 1.165) is 11.1 Å². The summed E-state index contributed by atoms with van der Waals surface area (Å²) in [5.74, 6) is -0.332. The molecule has 0 bridgehead atoms. The van der Waals surface area contributed by atoms with Crippen molar-refractivity contribution in [3.05, 3.63) is 71.8 Å². The van der Waals surface area contributed by atoms with Crippen LogP contribution in [0.1, 0.15) is 28.4 Å². The van der Waals surface area contributed by atoms with Crippen LogP contribution >= 0.6 is 0 Å². The molecule has 0 atom stereocenters. The zero-order chi connectivity index (χ0) is 15.1. The lowest BCUT2D eigenvalue weighted by atomic mass is 9.99. The Hall–Kier alpha value is -2.82. The third kappa shape index (κ3) is 4.35. The molecular formula is C16H23N3O2. The van der Waals surface area contributed by atoms with E-state index in [1.807, 2.05) is 60.7 Å². The Labute approximate surface area is 127 Å². The van der Waals surface area contributed by atoms with Gasteiger partial charge >= 0.3 is 6.03 Å². The molecule has 3 N–H and O–H groups in total. The van der Waals surface area contributed by atoms with Gasteiger partial charge in [0.2, 0.25) is 5.91 Å². The monoisotopic (exact) mass is 289 g/mol. The van der Waals surface area contributed by atoms with Gasteiger partial charge in [-0.3, -0.25) is 10.2 Å². The SMILES string of the molecule is CC(=O)NNC(=O)NC(c1ccccc1)c1ccccc1.[HH].[HH].[HH]. The highest BCUT2D eigenvalue weighted by atomic mass is 16.2. The molecule has 0 unspecified atom stereocenters. The van der Waals surface area contributed by atoms with Crippen LogP contribution in [0.2, 0.25) is 0 Å². The summed E-state index contributed by atoms with van der Waals surface area (Å²) in [5, 5.41) is 2.84. The fraction of sp³-hybridized carbons (Fsp3) is 0.125. The summed E-state index contributed by atoms with van der Waals surface area (Å²) in [4.78, 5) is 22.7. The maximum absolute atomic E-state index is 11.9. The summed E-state index contributed by atoms with van der Waals surface area (Å²) in [6.07, 6.45) is 0. The molecule has 0 aliphatic carbocycles. The fourth-order valence-corrected chi connectivity index (χ4v) is 1.96. The lowest BCUT2D eigenvalue weighted by molar-refractivity contribution is -0.119. The highest BCUT2D eigenvalue weighted by molar-refractivity contribution is 5.80. The van der Waals surface area contributed by atoms with Gasteiger partial charge in [-0.1, -0.05) is 60.7 Å². The van der Waals surface area contributed by atoms with Gasteiger partial charge in [-0.15, -0.1) is 0 Å². The summed E-state index contributed by atoms with van der Waals surface area (Å²) >= 11 is 0. The normalized spacial score (nSPS) is 10.0. The molecule has 0 aliphatic heterocycles. The van der Waals surface area contributed by atoms with Gasteiger partial charge < -0.3 is 5.32 Å². The van der Waals surface area contributed by atoms with Crippen LogP contribution in [-0.2, 0) is 4.79 Å². The van der Waals surface area contributed by atoms with Gasteiger partial charge in [-0.2, -0.15) is 0 Å². The Balaban J connectivity index is 0. The quantitative estimate of drug-likeness (QED) is 0.760. The van der Waals surface area contributed by atoms with Crippen molar-refractivity contribution < 1.29 is 13.9 Å². The van der Waals surface area contributed by atoms with Crippen molar-refractivity contribution in [3.8, 4) is 0 Å². The summed E-state index contributed by atoms with van der Waals surface area (Å²) in [6.45, 7) is 1.33. The van der Waals surface area contributed by atoms with Crippen molar-refractivity contribution in [3.63, 3.8) is 0 Å². The molecule has 0 radical (unpaired) electrons. The Morgan fingerprint density at radius 2 is 1.33 bits per heavy atom. The molecule has 0 spiro atoms.